The van der Waals surface area contributed by atoms with Crippen molar-refractivity contribution in [3.63, 3.8) is 0 Å². The van der Waals surface area contributed by atoms with Crippen LogP contribution in [-0.2, 0) is 4.74 Å². The van der Waals surface area contributed by atoms with Crippen molar-refractivity contribution in [3.05, 3.63) is 73.9 Å². The van der Waals surface area contributed by atoms with E-state index in [1.807, 2.05) is 32.1 Å². The second kappa shape index (κ2) is 17.5. The summed E-state index contributed by atoms with van der Waals surface area (Å²) in [4.78, 5) is 8.57. The summed E-state index contributed by atoms with van der Waals surface area (Å²) in [7, 11) is 0. The van der Waals surface area contributed by atoms with Gasteiger partial charge in [-0.15, -0.1) is 6.08 Å². The largest absolute Gasteiger partial charge is 2.00 e. The normalized spacial score (nSPS) is 17.2. The topological polar surface area (TPSA) is 93.8 Å². The number of aliphatic imine (C=N–C) groups is 1. The van der Waals surface area contributed by atoms with E-state index in [4.69, 9.17) is 14.0 Å². The van der Waals surface area contributed by atoms with Gasteiger partial charge in [0.25, 0.3) is 0 Å². The zero-order chi connectivity index (χ0) is 29.8. The average molecular weight is 792 g/mol. The summed E-state index contributed by atoms with van der Waals surface area (Å²) in [5.74, 6) is 1.05. The Morgan fingerprint density at radius 3 is 2.46 bits per heavy atom. The van der Waals surface area contributed by atoms with Crippen molar-refractivity contribution < 1.29 is 49.5 Å². The second-order valence-electron chi connectivity index (χ2n) is 10.6. The number of amidine groups is 1. The summed E-state index contributed by atoms with van der Waals surface area (Å²) >= 11 is 0. The van der Waals surface area contributed by atoms with Gasteiger partial charge < -0.3 is 36.5 Å². The number of benzene rings is 1. The van der Waals surface area contributed by atoms with Crippen LogP contribution in [0, 0.1) is 44.2 Å². The van der Waals surface area contributed by atoms with Crippen LogP contribution in [0.2, 0.25) is 0 Å². The number of halogens is 1. The average Bonchev–Trinajstić information content (AvgIpc) is 3.37. The summed E-state index contributed by atoms with van der Waals surface area (Å²) in [6, 6.07) is 6.68. The first kappa shape index (κ1) is 36.6. The summed E-state index contributed by atoms with van der Waals surface area (Å²) in [6.45, 7) is 20.5. The molecule has 0 bridgehead atoms. The van der Waals surface area contributed by atoms with Crippen molar-refractivity contribution in [3.8, 4) is 17.1 Å². The number of nitrogens with one attached hydrogen (secondary N) is 2. The molecular formula is C31H44FN5O3U. The number of hydrogen-bond acceptors (Lipinski definition) is 7. The number of rotatable bonds is 10. The molecule has 2 aromatic rings. The van der Waals surface area contributed by atoms with Gasteiger partial charge in [-0.1, -0.05) is 18.2 Å². The molecule has 3 atom stereocenters. The molecule has 10 heteroatoms. The van der Waals surface area contributed by atoms with Gasteiger partial charge in [0.05, 0.1) is 11.4 Å². The predicted molar refractivity (Wildman–Crippen MR) is 158 cm³/mol. The van der Waals surface area contributed by atoms with Crippen LogP contribution in [0.1, 0.15) is 86.1 Å². The van der Waals surface area contributed by atoms with Gasteiger partial charge in [0, 0.05) is 25.0 Å². The number of hydrogen-bond donors (Lipinski definition) is 2. The maximum Gasteiger partial charge on any atom is 2.00 e. The van der Waals surface area contributed by atoms with Gasteiger partial charge in [0.1, 0.15) is 11.8 Å². The van der Waals surface area contributed by atoms with Crippen LogP contribution in [0.25, 0.3) is 11.4 Å². The van der Waals surface area contributed by atoms with Crippen molar-refractivity contribution in [2.45, 2.75) is 97.8 Å². The van der Waals surface area contributed by atoms with Gasteiger partial charge in [-0.05, 0) is 83.6 Å². The molecule has 0 spiro atoms. The minimum Gasteiger partial charge on any atom is -0.458 e. The number of nitrogens with zero attached hydrogens (tertiary/aromatic N) is 3. The van der Waals surface area contributed by atoms with Crippen LogP contribution in [0.4, 0.5) is 4.39 Å². The molecule has 0 radical (unpaired) electrons. The molecular weight excluding hydrogens is 747 g/mol. The SMILES string of the molecule is C=[C-]N=C1C=CCCC=C(NC(C)c2nc(-c3ccc(OC(C)(F)CC)cc3)no2)N1.[CH2-]CC(C)OC(C)(C)C.[U+2]. The van der Waals surface area contributed by atoms with E-state index < -0.39 is 5.85 Å². The molecule has 1 aromatic carbocycles. The molecule has 41 heavy (non-hydrogen) atoms. The summed E-state index contributed by atoms with van der Waals surface area (Å²) < 4.78 is 30.3. The van der Waals surface area contributed by atoms with Gasteiger partial charge >= 0.3 is 31.1 Å². The van der Waals surface area contributed by atoms with Crippen molar-refractivity contribution in [1.82, 2.24) is 20.8 Å². The van der Waals surface area contributed by atoms with Crippen molar-refractivity contribution in [1.29, 1.82) is 0 Å². The molecule has 1 aliphatic rings. The van der Waals surface area contributed by atoms with E-state index in [0.717, 1.165) is 30.6 Å². The molecule has 1 aromatic heterocycles. The van der Waals surface area contributed by atoms with Crippen LogP contribution in [-0.4, -0.2) is 33.5 Å². The van der Waals surface area contributed by atoms with E-state index >= 15 is 0 Å². The quantitative estimate of drug-likeness (QED) is 0.243. The first-order valence-corrected chi connectivity index (χ1v) is 13.6. The molecule has 1 aliphatic heterocycles. The number of ether oxygens (including phenoxy) is 2. The fourth-order valence-electron chi connectivity index (χ4n) is 3.47. The van der Waals surface area contributed by atoms with Crippen LogP contribution < -0.4 is 15.4 Å². The molecule has 222 valence electrons. The summed E-state index contributed by atoms with van der Waals surface area (Å²) in [5.41, 5.74) is 0.730. The molecule has 0 saturated heterocycles. The van der Waals surface area contributed by atoms with E-state index in [0.29, 0.717) is 23.3 Å². The number of aromatic nitrogens is 2. The Hall–Kier alpha value is -2.41. The maximum absolute atomic E-state index is 14.0. The van der Waals surface area contributed by atoms with Gasteiger partial charge in [-0.25, -0.2) is 0 Å². The van der Waals surface area contributed by atoms with E-state index in [-0.39, 0.29) is 55.3 Å². The third-order valence-corrected chi connectivity index (χ3v) is 5.64. The van der Waals surface area contributed by atoms with Crippen molar-refractivity contribution >= 4 is 5.84 Å². The second-order valence-corrected chi connectivity index (χ2v) is 10.6. The minimum atomic E-state index is -1.70. The minimum absolute atomic E-state index is 0. The fourth-order valence-corrected chi connectivity index (χ4v) is 3.47. The summed E-state index contributed by atoms with van der Waals surface area (Å²) in [6.07, 6.45) is 11.7. The molecule has 3 unspecified atom stereocenters. The Morgan fingerprint density at radius 1 is 1.22 bits per heavy atom. The van der Waals surface area contributed by atoms with E-state index in [1.54, 1.807) is 31.2 Å². The Bertz CT molecular complexity index is 1150. The van der Waals surface area contributed by atoms with Crippen LogP contribution in [0.15, 0.2) is 64.4 Å². The third kappa shape index (κ3) is 13.9. The molecule has 0 saturated carbocycles. The van der Waals surface area contributed by atoms with E-state index in [9.17, 15) is 4.39 Å². The predicted octanol–water partition coefficient (Wildman–Crippen LogP) is 7.40. The molecule has 0 aliphatic carbocycles. The standard InChI is InChI=1S/C23H27FN5O2.C8H17O.U/c1-5-23(4,24)30-18-14-12-17(13-15-18)21-28-22(31-29-21)16(3)26-20-11-9-7-8-10-19(27-20)25-6-2;1-6-7(2)9-8(3,4)5;/h8,10-16,26H,2,5,7,9H2,1,3-4H3,(H,25,27);7H,1,6H2,2-5H3;/q2*-1;+2. The van der Waals surface area contributed by atoms with Crippen molar-refractivity contribution in [2.24, 2.45) is 4.99 Å². The van der Waals surface area contributed by atoms with Gasteiger partial charge in [0.2, 0.25) is 17.6 Å². The van der Waals surface area contributed by atoms with E-state index in [2.05, 4.69) is 66.2 Å². The van der Waals surface area contributed by atoms with Gasteiger partial charge in [-0.2, -0.15) is 28.6 Å². The zero-order valence-corrected chi connectivity index (χ0v) is 29.5. The van der Waals surface area contributed by atoms with Gasteiger partial charge in [-0.3, -0.25) is 0 Å². The first-order valence-electron chi connectivity index (χ1n) is 13.6. The molecule has 2 N–H and O–H groups in total. The smallest absolute Gasteiger partial charge is 0.458 e. The third-order valence-electron chi connectivity index (χ3n) is 5.64. The molecule has 0 amide bonds. The summed E-state index contributed by atoms with van der Waals surface area (Å²) in [5, 5.41) is 10.6. The Morgan fingerprint density at radius 2 is 1.90 bits per heavy atom. The van der Waals surface area contributed by atoms with Crippen molar-refractivity contribution in [2.75, 3.05) is 0 Å². The zero-order valence-electron chi connectivity index (χ0n) is 25.4. The Balaban J connectivity index is 0.000000728. The maximum atomic E-state index is 14.0. The van der Waals surface area contributed by atoms with Crippen LogP contribution in [0.3, 0.4) is 0 Å². The molecule has 3 rings (SSSR count). The molecule has 8 nitrogen and oxygen atoms in total. The van der Waals surface area contributed by atoms with E-state index in [1.165, 1.54) is 6.92 Å². The fraction of sp³-hybridized carbons (Fsp3) is 0.484. The van der Waals surface area contributed by atoms with Crippen LogP contribution >= 0.6 is 0 Å². The monoisotopic (exact) mass is 791 g/mol. The first-order chi connectivity index (χ1) is 18.9. The Labute approximate surface area is 268 Å². The number of allylic oxidation sites excluding steroid dienone is 2. The molecule has 0 fully saturated rings. The Kier molecular flexibility index (Phi) is 15.7. The molecule has 2 heterocycles. The number of alkyl halides is 1. The van der Waals surface area contributed by atoms with Gasteiger partial charge in [0.15, 0.2) is 0 Å². The van der Waals surface area contributed by atoms with Crippen LogP contribution in [0.5, 0.6) is 5.75 Å².